The molecule has 0 aromatic carbocycles. The molecule has 3 fully saturated rings. The number of H-pyrrole nitrogens is 1. The molecule has 2 aromatic heterocycles. The Kier molecular flexibility index (Phi) is 7.79. The van der Waals surface area contributed by atoms with Crippen LogP contribution in [0.4, 0.5) is 5.13 Å². The molecule has 3 atom stereocenters. The van der Waals surface area contributed by atoms with Gasteiger partial charge >= 0.3 is 24.8 Å². The molecule has 1 saturated heterocycles. The third-order valence-electron chi connectivity index (χ3n) is 6.97. The Morgan fingerprint density at radius 3 is 2.40 bits per heavy atom. The Morgan fingerprint density at radius 2 is 1.83 bits per heavy atom. The Morgan fingerprint density at radius 1 is 1.17 bits per heavy atom. The number of fused-ring (bicyclic) bond motifs is 1. The first-order valence-electron chi connectivity index (χ1n) is 11.3. The van der Waals surface area contributed by atoms with Gasteiger partial charge in [0, 0.05) is 42.7 Å². The summed E-state index contributed by atoms with van der Waals surface area (Å²) in [6.45, 7) is 3.07. The molecule has 4 N–H and O–H groups in total. The summed E-state index contributed by atoms with van der Waals surface area (Å²) >= 11 is 13.3. The molecule has 2 aromatic rings. The number of aromatic amines is 1. The van der Waals surface area contributed by atoms with Crippen LogP contribution in [0.1, 0.15) is 58.7 Å². The van der Waals surface area contributed by atoms with Gasteiger partial charge in [0.25, 0.3) is 5.91 Å². The van der Waals surface area contributed by atoms with Crippen molar-refractivity contribution in [2.24, 2.45) is 11.8 Å². The van der Waals surface area contributed by atoms with E-state index < -0.39 is 5.97 Å². The number of thiazole rings is 1. The molecule has 3 aliphatic rings. The smallest absolute Gasteiger partial charge is 1.00 e. The Balaban J connectivity index is 0.00000180. The normalized spacial score (nSPS) is 23.1. The summed E-state index contributed by atoms with van der Waals surface area (Å²) in [5, 5.41) is 16.8. The van der Waals surface area contributed by atoms with Crippen molar-refractivity contribution in [3.63, 3.8) is 0 Å². The number of aryl methyl sites for hydroxylation is 1. The predicted molar refractivity (Wildman–Crippen MR) is 130 cm³/mol. The van der Waals surface area contributed by atoms with Crippen LogP contribution in [0.15, 0.2) is 0 Å². The van der Waals surface area contributed by atoms with Crippen LogP contribution in [0, 0.1) is 18.8 Å². The Hall–Kier alpha value is -1.70. The molecule has 184 valence electrons. The third-order valence-corrected chi connectivity index (χ3v) is 9.07. The monoisotopic (exact) mass is 533 g/mol. The van der Waals surface area contributed by atoms with Crippen molar-refractivity contribution in [2.75, 3.05) is 18.0 Å². The van der Waals surface area contributed by atoms with Gasteiger partial charge in [0.15, 0.2) is 5.13 Å². The van der Waals surface area contributed by atoms with Crippen LogP contribution in [-0.2, 0) is 11.2 Å². The van der Waals surface area contributed by atoms with Crippen molar-refractivity contribution in [1.82, 2.24) is 20.6 Å². The molecule has 0 radical (unpaired) electrons. The average Bonchev–Trinajstić information content (AvgIpc) is 3.35. The molecule has 0 spiro atoms. The summed E-state index contributed by atoms with van der Waals surface area (Å²) < 4.78 is 0. The summed E-state index contributed by atoms with van der Waals surface area (Å²) in [6, 6.07) is 0.204. The fraction of sp³-hybridized carbons (Fsp3) is 0.545. The molecule has 3 heterocycles. The zero-order chi connectivity index (χ0) is 24.1. The number of hydrogen-bond donors (Lipinski definition) is 4. The number of nitrogens with zero attached hydrogens (tertiary/aromatic N) is 2. The average molecular weight is 534 g/mol. The van der Waals surface area contributed by atoms with E-state index in [4.69, 9.17) is 23.2 Å². The maximum absolute atomic E-state index is 12.6. The molecule has 0 bridgehead atoms. The molecule has 5 rings (SSSR count). The molecular formula is C22H26Cl2LiN5O4S. The van der Waals surface area contributed by atoms with E-state index in [1.807, 2.05) is 4.90 Å². The number of aromatic nitrogens is 2. The van der Waals surface area contributed by atoms with E-state index in [2.05, 4.69) is 20.6 Å². The maximum atomic E-state index is 12.6. The van der Waals surface area contributed by atoms with E-state index in [-0.39, 0.29) is 78.0 Å². The van der Waals surface area contributed by atoms with Crippen LogP contribution in [-0.4, -0.2) is 58.0 Å². The minimum absolute atomic E-state index is 0. The number of hydrogen-bond acceptors (Lipinski definition) is 6. The first-order valence-corrected chi connectivity index (χ1v) is 12.9. The quantitative estimate of drug-likeness (QED) is 0.381. The van der Waals surface area contributed by atoms with Gasteiger partial charge in [-0.25, -0.2) is 9.78 Å². The van der Waals surface area contributed by atoms with Crippen molar-refractivity contribution >= 4 is 57.5 Å². The zero-order valence-corrected chi connectivity index (χ0v) is 21.8. The third kappa shape index (κ3) is 5.23. The Bertz CT molecular complexity index is 1160. The molecular weight excluding hydrogens is 508 g/mol. The van der Waals surface area contributed by atoms with E-state index in [1.165, 1.54) is 0 Å². The number of carbonyl (C=O) groups excluding carboxylic acids is 2. The minimum Gasteiger partial charge on any atom is -1.00 e. The van der Waals surface area contributed by atoms with Crippen LogP contribution in [0.2, 0.25) is 10.0 Å². The Labute approximate surface area is 230 Å². The van der Waals surface area contributed by atoms with Crippen molar-refractivity contribution in [3.8, 4) is 0 Å². The van der Waals surface area contributed by atoms with E-state index in [0.717, 1.165) is 37.0 Å². The van der Waals surface area contributed by atoms with Crippen molar-refractivity contribution < 1.29 is 39.8 Å². The zero-order valence-electron chi connectivity index (χ0n) is 20.5. The molecule has 1 unspecified atom stereocenters. The van der Waals surface area contributed by atoms with Gasteiger partial charge in [-0.05, 0) is 19.8 Å². The second-order valence-corrected chi connectivity index (χ2v) is 11.0. The van der Waals surface area contributed by atoms with Gasteiger partial charge in [0.05, 0.1) is 22.2 Å². The molecule has 1 aliphatic heterocycles. The topological polar surface area (TPSA) is 127 Å². The van der Waals surface area contributed by atoms with Gasteiger partial charge in [-0.15, -0.1) is 0 Å². The summed E-state index contributed by atoms with van der Waals surface area (Å²) in [6.07, 6.45) is 4.12. The minimum atomic E-state index is -1.07. The molecule has 9 nitrogen and oxygen atoms in total. The number of carbonyl (C=O) groups is 3. The van der Waals surface area contributed by atoms with E-state index >= 15 is 0 Å². The van der Waals surface area contributed by atoms with Gasteiger partial charge in [0.1, 0.15) is 10.6 Å². The number of rotatable bonds is 7. The molecule has 2 amide bonds. The van der Waals surface area contributed by atoms with Crippen molar-refractivity contribution in [2.45, 2.75) is 51.1 Å². The van der Waals surface area contributed by atoms with E-state index in [9.17, 15) is 19.5 Å². The summed E-state index contributed by atoms with van der Waals surface area (Å²) in [5.41, 5.74) is 1.21. The molecule has 2 aliphatic carbocycles. The van der Waals surface area contributed by atoms with Crippen molar-refractivity contribution in [1.29, 1.82) is 0 Å². The fourth-order valence-corrected chi connectivity index (χ4v) is 6.47. The van der Waals surface area contributed by atoms with Gasteiger partial charge in [0.2, 0.25) is 5.91 Å². The second kappa shape index (κ2) is 10.3. The van der Waals surface area contributed by atoms with Crippen LogP contribution >= 0.6 is 34.5 Å². The second-order valence-electron chi connectivity index (χ2n) is 9.29. The SMILES string of the molecule is Cc1[nH]c(C(=O)NC2[C@H]3CN(c4nc(CC(=O)NC5CCCC5)c(C(=O)O)s4)C[C@@H]23)c(Cl)c1Cl.[H-].[Li+]. The number of anilines is 1. The van der Waals surface area contributed by atoms with Crippen LogP contribution < -0.4 is 34.4 Å². The molecule has 2 saturated carbocycles. The van der Waals surface area contributed by atoms with Crippen LogP contribution in [0.25, 0.3) is 0 Å². The number of nitrogens with one attached hydrogen (secondary N) is 3. The van der Waals surface area contributed by atoms with Gasteiger partial charge in [-0.3, -0.25) is 9.59 Å². The van der Waals surface area contributed by atoms with Crippen LogP contribution in [0.3, 0.4) is 0 Å². The number of amides is 2. The predicted octanol–water partition coefficient (Wildman–Crippen LogP) is 0.367. The molecule has 13 heteroatoms. The summed E-state index contributed by atoms with van der Waals surface area (Å²) in [5.74, 6) is -1.04. The fourth-order valence-electron chi connectivity index (χ4n) is 5.11. The number of piperidine rings is 1. The van der Waals surface area contributed by atoms with E-state index in [0.29, 0.717) is 34.6 Å². The first kappa shape index (κ1) is 26.4. The van der Waals surface area contributed by atoms with Gasteiger partial charge in [-0.2, -0.15) is 0 Å². The number of aromatic carboxylic acids is 1. The number of carboxylic acid groups (broad SMARTS) is 1. The maximum Gasteiger partial charge on any atom is 1.00 e. The number of carboxylic acids is 1. The largest absolute Gasteiger partial charge is 1.00 e. The summed E-state index contributed by atoms with van der Waals surface area (Å²) in [4.78, 5) is 46.4. The molecule has 35 heavy (non-hydrogen) atoms. The first-order chi connectivity index (χ1) is 16.2. The summed E-state index contributed by atoms with van der Waals surface area (Å²) in [7, 11) is 0. The van der Waals surface area contributed by atoms with Gasteiger partial charge < -0.3 is 27.1 Å². The van der Waals surface area contributed by atoms with Crippen LogP contribution in [0.5, 0.6) is 0 Å². The number of halogens is 2. The van der Waals surface area contributed by atoms with E-state index in [1.54, 1.807) is 6.92 Å². The van der Waals surface area contributed by atoms with Gasteiger partial charge in [-0.1, -0.05) is 47.4 Å². The van der Waals surface area contributed by atoms with Crippen molar-refractivity contribution in [3.05, 3.63) is 32.0 Å². The standard InChI is InChI=1S/C22H25Cl2N5O4S.Li.H/c1-9-15(23)16(24)18(25-9)20(31)28-17-11-7-29(8-12(11)17)22-27-13(19(34-22)21(32)33)6-14(30)26-10-4-2-3-5-10;;/h10-12,17,25H,2-8H2,1H3,(H,26,30)(H,28,31)(H,32,33);;/q;+1;-1/t11-,12+,17?;;.